The minimum atomic E-state index is -0.139. The Morgan fingerprint density at radius 1 is 1.41 bits per heavy atom. The van der Waals surface area contributed by atoms with Gasteiger partial charge in [-0.05, 0) is 26.8 Å². The van der Waals surface area contributed by atoms with E-state index >= 15 is 0 Å². The summed E-state index contributed by atoms with van der Waals surface area (Å²) in [6.45, 7) is 10.1. The van der Waals surface area contributed by atoms with Gasteiger partial charge in [0.15, 0.2) is 0 Å². The highest BCUT2D eigenvalue weighted by Gasteiger charge is 2.18. The lowest BCUT2D eigenvalue weighted by molar-refractivity contribution is -0.123. The van der Waals surface area contributed by atoms with E-state index in [1.807, 2.05) is 25.7 Å². The predicted molar refractivity (Wildman–Crippen MR) is 76.0 cm³/mol. The van der Waals surface area contributed by atoms with E-state index in [1.165, 1.54) is 0 Å². The van der Waals surface area contributed by atoms with Gasteiger partial charge in [0.1, 0.15) is 0 Å². The van der Waals surface area contributed by atoms with Crippen molar-refractivity contribution in [2.75, 3.05) is 19.6 Å². The van der Waals surface area contributed by atoms with Gasteiger partial charge in [-0.1, -0.05) is 26.1 Å². The van der Waals surface area contributed by atoms with Crippen LogP contribution in [0.2, 0.25) is 0 Å². The average Bonchev–Trinajstić information content (AvgIpc) is 2.23. The van der Waals surface area contributed by atoms with E-state index in [2.05, 4.69) is 12.2 Å². The molecule has 0 aliphatic rings. The summed E-state index contributed by atoms with van der Waals surface area (Å²) >= 11 is 4.83. The Labute approximate surface area is 110 Å². The zero-order valence-corrected chi connectivity index (χ0v) is 12.2. The van der Waals surface area contributed by atoms with Crippen molar-refractivity contribution in [3.05, 3.63) is 0 Å². The van der Waals surface area contributed by atoms with Crippen molar-refractivity contribution in [3.63, 3.8) is 0 Å². The van der Waals surface area contributed by atoms with Crippen LogP contribution in [0.3, 0.4) is 0 Å². The van der Waals surface area contributed by atoms with Gasteiger partial charge in [-0.3, -0.25) is 9.69 Å². The van der Waals surface area contributed by atoms with Crippen LogP contribution in [0.15, 0.2) is 0 Å². The standard InChI is InChI=1S/C12H25N3OS/c1-5-12(3,4)14-11(16)9-15(6-2)8-7-10(13)17/h5-9H2,1-4H3,(H2,13,17)(H,14,16). The molecule has 0 radical (unpaired) electrons. The molecule has 0 rings (SSSR count). The second-order valence-corrected chi connectivity index (χ2v) is 5.40. The third-order valence-corrected chi connectivity index (χ3v) is 3.05. The maximum Gasteiger partial charge on any atom is 0.234 e. The minimum Gasteiger partial charge on any atom is -0.393 e. The quantitative estimate of drug-likeness (QED) is 0.645. The zero-order valence-electron chi connectivity index (χ0n) is 11.4. The number of carbonyl (C=O) groups excluding carboxylic acids is 1. The van der Waals surface area contributed by atoms with Gasteiger partial charge in [0, 0.05) is 18.5 Å². The number of amides is 1. The number of hydrogen-bond donors (Lipinski definition) is 2. The number of nitrogens with zero attached hydrogens (tertiary/aromatic N) is 1. The number of nitrogens with one attached hydrogen (secondary N) is 1. The molecule has 0 aromatic carbocycles. The molecule has 3 N–H and O–H groups in total. The fraction of sp³-hybridized carbons (Fsp3) is 0.833. The molecule has 1 amide bonds. The molecule has 0 saturated heterocycles. The van der Waals surface area contributed by atoms with E-state index in [4.69, 9.17) is 18.0 Å². The van der Waals surface area contributed by atoms with Crippen LogP contribution in [-0.4, -0.2) is 41.0 Å². The first kappa shape index (κ1) is 16.3. The van der Waals surface area contributed by atoms with Crippen molar-refractivity contribution in [1.82, 2.24) is 10.2 Å². The summed E-state index contributed by atoms with van der Waals surface area (Å²) < 4.78 is 0. The van der Waals surface area contributed by atoms with Gasteiger partial charge in [0.05, 0.1) is 11.5 Å². The molecule has 5 heteroatoms. The third-order valence-electron chi connectivity index (χ3n) is 2.85. The van der Waals surface area contributed by atoms with Gasteiger partial charge in [-0.25, -0.2) is 0 Å². The molecule has 0 aromatic rings. The number of thiocarbonyl (C=S) groups is 1. The highest BCUT2D eigenvalue weighted by Crippen LogP contribution is 2.06. The molecule has 0 saturated carbocycles. The Hall–Kier alpha value is -0.680. The normalized spacial score (nSPS) is 11.6. The average molecular weight is 259 g/mol. The first-order chi connectivity index (χ1) is 7.80. The van der Waals surface area contributed by atoms with Crippen molar-refractivity contribution in [2.24, 2.45) is 5.73 Å². The number of rotatable bonds is 8. The van der Waals surface area contributed by atoms with Gasteiger partial charge in [-0.15, -0.1) is 0 Å². The molecule has 0 unspecified atom stereocenters. The summed E-state index contributed by atoms with van der Waals surface area (Å²) in [6.07, 6.45) is 1.57. The number of carbonyl (C=O) groups is 1. The van der Waals surface area contributed by atoms with Gasteiger partial charge < -0.3 is 11.1 Å². The van der Waals surface area contributed by atoms with Crippen LogP contribution >= 0.6 is 12.2 Å². The summed E-state index contributed by atoms with van der Waals surface area (Å²) in [5.74, 6) is 0.0571. The van der Waals surface area contributed by atoms with E-state index in [0.717, 1.165) is 19.5 Å². The van der Waals surface area contributed by atoms with Crippen molar-refractivity contribution in [3.8, 4) is 0 Å². The highest BCUT2D eigenvalue weighted by molar-refractivity contribution is 7.80. The van der Waals surface area contributed by atoms with Gasteiger partial charge in [-0.2, -0.15) is 0 Å². The maximum atomic E-state index is 11.8. The van der Waals surface area contributed by atoms with Crippen LogP contribution in [-0.2, 0) is 4.79 Å². The number of nitrogens with two attached hydrogens (primary N) is 1. The summed E-state index contributed by atoms with van der Waals surface area (Å²) in [5, 5.41) is 3.01. The predicted octanol–water partition coefficient (Wildman–Crippen LogP) is 1.29. The number of likely N-dealkylation sites (N-methyl/N-ethyl adjacent to an activating group) is 1. The van der Waals surface area contributed by atoms with Crippen LogP contribution in [0.25, 0.3) is 0 Å². The molecular formula is C12H25N3OS. The van der Waals surface area contributed by atoms with Gasteiger partial charge in [0.25, 0.3) is 0 Å². The topological polar surface area (TPSA) is 58.4 Å². The van der Waals surface area contributed by atoms with Crippen LogP contribution < -0.4 is 11.1 Å². The van der Waals surface area contributed by atoms with Crippen molar-refractivity contribution < 1.29 is 4.79 Å². The van der Waals surface area contributed by atoms with Crippen molar-refractivity contribution in [2.45, 2.75) is 46.1 Å². The molecule has 4 nitrogen and oxygen atoms in total. The van der Waals surface area contributed by atoms with Gasteiger partial charge >= 0.3 is 0 Å². The lowest BCUT2D eigenvalue weighted by atomic mass is 10.0. The van der Waals surface area contributed by atoms with Crippen molar-refractivity contribution in [1.29, 1.82) is 0 Å². The van der Waals surface area contributed by atoms with E-state index in [9.17, 15) is 4.79 Å². The summed E-state index contributed by atoms with van der Waals surface area (Å²) in [7, 11) is 0. The van der Waals surface area contributed by atoms with E-state index in [0.29, 0.717) is 18.0 Å². The molecule has 0 aliphatic heterocycles. The molecule has 0 heterocycles. The molecule has 0 aliphatic carbocycles. The monoisotopic (exact) mass is 259 g/mol. The Kier molecular flexibility index (Phi) is 7.30. The molecule has 0 aromatic heterocycles. The fourth-order valence-corrected chi connectivity index (χ4v) is 1.42. The Morgan fingerprint density at radius 2 is 2.00 bits per heavy atom. The second-order valence-electron chi connectivity index (χ2n) is 4.87. The second kappa shape index (κ2) is 7.61. The lowest BCUT2D eigenvalue weighted by Crippen LogP contribution is -2.47. The molecule has 0 bridgehead atoms. The largest absolute Gasteiger partial charge is 0.393 e. The van der Waals surface area contributed by atoms with Crippen molar-refractivity contribution >= 4 is 23.1 Å². The Morgan fingerprint density at radius 3 is 2.41 bits per heavy atom. The molecule has 0 spiro atoms. The molecule has 0 atom stereocenters. The first-order valence-corrected chi connectivity index (χ1v) is 6.53. The Bertz CT molecular complexity index is 266. The molecule has 0 fully saturated rings. The summed E-state index contributed by atoms with van der Waals surface area (Å²) in [5.41, 5.74) is 5.31. The minimum absolute atomic E-state index is 0.0571. The zero-order chi connectivity index (χ0) is 13.5. The fourth-order valence-electron chi connectivity index (χ4n) is 1.33. The van der Waals surface area contributed by atoms with E-state index in [-0.39, 0.29) is 11.4 Å². The van der Waals surface area contributed by atoms with E-state index < -0.39 is 0 Å². The molecule has 100 valence electrons. The van der Waals surface area contributed by atoms with Crippen LogP contribution in [0.5, 0.6) is 0 Å². The Balaban J connectivity index is 4.10. The van der Waals surface area contributed by atoms with Crippen LogP contribution in [0.1, 0.15) is 40.5 Å². The third kappa shape index (κ3) is 8.10. The SMILES string of the molecule is CCN(CCC(N)=S)CC(=O)NC(C)(C)CC. The van der Waals surface area contributed by atoms with Gasteiger partial charge in [0.2, 0.25) is 5.91 Å². The van der Waals surface area contributed by atoms with Crippen LogP contribution in [0, 0.1) is 0 Å². The molecule has 17 heavy (non-hydrogen) atoms. The van der Waals surface area contributed by atoms with Crippen LogP contribution in [0.4, 0.5) is 0 Å². The summed E-state index contributed by atoms with van der Waals surface area (Å²) in [4.78, 5) is 14.4. The smallest absolute Gasteiger partial charge is 0.234 e. The number of hydrogen-bond acceptors (Lipinski definition) is 3. The highest BCUT2D eigenvalue weighted by atomic mass is 32.1. The molecular weight excluding hydrogens is 234 g/mol. The first-order valence-electron chi connectivity index (χ1n) is 6.12. The summed E-state index contributed by atoms with van der Waals surface area (Å²) in [6, 6.07) is 0. The lowest BCUT2D eigenvalue weighted by Gasteiger charge is -2.27. The van der Waals surface area contributed by atoms with E-state index in [1.54, 1.807) is 0 Å². The maximum absolute atomic E-state index is 11.8.